The van der Waals surface area contributed by atoms with Gasteiger partial charge in [0.25, 0.3) is 0 Å². The predicted octanol–water partition coefficient (Wildman–Crippen LogP) is 6.05. The summed E-state index contributed by atoms with van der Waals surface area (Å²) in [6.07, 6.45) is 12.2. The van der Waals surface area contributed by atoms with E-state index < -0.39 is 0 Å². The summed E-state index contributed by atoms with van der Waals surface area (Å²) in [7, 11) is 1.73. The number of ether oxygens (including phenoxy) is 1. The third-order valence-corrected chi connectivity index (χ3v) is 4.47. The van der Waals surface area contributed by atoms with E-state index >= 15 is 0 Å². The second-order valence-electron chi connectivity index (χ2n) is 6.60. The minimum Gasteiger partial charge on any atom is -0.497 e. The first kappa shape index (κ1) is 20.0. The number of benzene rings is 1. The van der Waals surface area contributed by atoms with Crippen molar-refractivity contribution >= 4 is 0 Å². The zero-order valence-electron chi connectivity index (χ0n) is 15.7. The van der Waals surface area contributed by atoms with Crippen LogP contribution in [-0.2, 0) is 6.54 Å². The molecule has 0 aliphatic carbocycles. The molecule has 0 fully saturated rings. The largest absolute Gasteiger partial charge is 0.497 e. The molecule has 1 aromatic rings. The maximum absolute atomic E-state index is 5.25. The van der Waals surface area contributed by atoms with Crippen LogP contribution < -0.4 is 4.74 Å². The summed E-state index contributed by atoms with van der Waals surface area (Å²) in [6.45, 7) is 8.11. The number of nitrogens with zero attached hydrogens (tertiary/aromatic N) is 1. The van der Waals surface area contributed by atoms with Crippen molar-refractivity contribution in [1.29, 1.82) is 0 Å². The molecule has 0 saturated heterocycles. The fourth-order valence-electron chi connectivity index (χ4n) is 2.96. The third-order valence-electron chi connectivity index (χ3n) is 4.47. The van der Waals surface area contributed by atoms with Gasteiger partial charge in [0.05, 0.1) is 7.11 Å². The Labute approximate surface area is 144 Å². The molecule has 0 aliphatic heterocycles. The summed E-state index contributed by atoms with van der Waals surface area (Å²) in [5.41, 5.74) is 1.40. The van der Waals surface area contributed by atoms with Gasteiger partial charge in [0.15, 0.2) is 0 Å². The Morgan fingerprint density at radius 1 is 0.739 bits per heavy atom. The lowest BCUT2D eigenvalue weighted by Gasteiger charge is -2.22. The van der Waals surface area contributed by atoms with E-state index in [1.54, 1.807) is 7.11 Å². The minimum atomic E-state index is 0.947. The van der Waals surface area contributed by atoms with E-state index in [4.69, 9.17) is 4.74 Å². The molecule has 0 heterocycles. The number of methoxy groups -OCH3 is 1. The van der Waals surface area contributed by atoms with Gasteiger partial charge in [-0.15, -0.1) is 0 Å². The van der Waals surface area contributed by atoms with Gasteiger partial charge in [-0.05, 0) is 43.6 Å². The van der Waals surface area contributed by atoms with E-state index in [2.05, 4.69) is 43.0 Å². The zero-order valence-corrected chi connectivity index (χ0v) is 15.7. The molecule has 0 N–H and O–H groups in total. The molecule has 0 bridgehead atoms. The third kappa shape index (κ3) is 9.65. The molecule has 1 rings (SSSR count). The molecule has 132 valence electrons. The van der Waals surface area contributed by atoms with E-state index in [1.807, 2.05) is 0 Å². The topological polar surface area (TPSA) is 12.5 Å². The maximum Gasteiger partial charge on any atom is 0.118 e. The molecule has 0 aromatic heterocycles. The summed E-state index contributed by atoms with van der Waals surface area (Å²) >= 11 is 0. The fourth-order valence-corrected chi connectivity index (χ4v) is 2.96. The molecule has 2 heteroatoms. The standard InChI is InChI=1S/C21H37NO/c1-4-6-8-10-12-18-22(17-11-9-7-5-2)19-20-13-15-21(23-3)16-14-20/h13-16H,4-12,17-19H2,1-3H3. The van der Waals surface area contributed by atoms with Crippen molar-refractivity contribution in [3.63, 3.8) is 0 Å². The lowest BCUT2D eigenvalue weighted by Crippen LogP contribution is -2.25. The minimum absolute atomic E-state index is 0.947. The number of hydrogen-bond acceptors (Lipinski definition) is 2. The summed E-state index contributed by atoms with van der Waals surface area (Å²) in [5.74, 6) is 0.947. The molecule has 2 nitrogen and oxygen atoms in total. The van der Waals surface area contributed by atoms with Crippen molar-refractivity contribution in [1.82, 2.24) is 4.90 Å². The van der Waals surface area contributed by atoms with Crippen molar-refractivity contribution in [2.24, 2.45) is 0 Å². The monoisotopic (exact) mass is 319 g/mol. The lowest BCUT2D eigenvalue weighted by atomic mass is 10.1. The van der Waals surface area contributed by atoms with Crippen LogP contribution in [-0.4, -0.2) is 25.1 Å². The molecule has 0 atom stereocenters. The van der Waals surface area contributed by atoms with Crippen LogP contribution in [0.1, 0.15) is 77.2 Å². The second-order valence-corrected chi connectivity index (χ2v) is 6.60. The Hall–Kier alpha value is -1.02. The smallest absolute Gasteiger partial charge is 0.118 e. The Bertz CT molecular complexity index is 374. The van der Waals surface area contributed by atoms with Gasteiger partial charge in [0, 0.05) is 6.54 Å². The first-order valence-electron chi connectivity index (χ1n) is 9.65. The van der Waals surface area contributed by atoms with Gasteiger partial charge in [-0.3, -0.25) is 4.90 Å². The second kappa shape index (κ2) is 13.4. The van der Waals surface area contributed by atoms with Gasteiger partial charge in [-0.25, -0.2) is 0 Å². The number of rotatable bonds is 14. The van der Waals surface area contributed by atoms with Crippen molar-refractivity contribution in [2.45, 2.75) is 78.2 Å². The number of hydrogen-bond donors (Lipinski definition) is 0. The summed E-state index contributed by atoms with van der Waals surface area (Å²) in [5, 5.41) is 0. The van der Waals surface area contributed by atoms with Gasteiger partial charge in [0.2, 0.25) is 0 Å². The van der Waals surface area contributed by atoms with E-state index in [-0.39, 0.29) is 0 Å². The molecule has 0 radical (unpaired) electrons. The lowest BCUT2D eigenvalue weighted by molar-refractivity contribution is 0.252. The van der Waals surface area contributed by atoms with Gasteiger partial charge < -0.3 is 4.74 Å². The van der Waals surface area contributed by atoms with E-state index in [1.165, 1.54) is 76.4 Å². The van der Waals surface area contributed by atoms with Crippen molar-refractivity contribution in [2.75, 3.05) is 20.2 Å². The SMILES string of the molecule is CCCCCCCN(CCCCCC)Cc1ccc(OC)cc1. The molecule has 0 saturated carbocycles. The highest BCUT2D eigenvalue weighted by Gasteiger charge is 2.06. The zero-order chi connectivity index (χ0) is 16.8. The average Bonchev–Trinajstić information content (AvgIpc) is 2.59. The highest BCUT2D eigenvalue weighted by Crippen LogP contribution is 2.14. The van der Waals surface area contributed by atoms with E-state index in [9.17, 15) is 0 Å². The summed E-state index contributed by atoms with van der Waals surface area (Å²) in [4.78, 5) is 2.64. The highest BCUT2D eigenvalue weighted by atomic mass is 16.5. The molecule has 0 aliphatic rings. The number of unbranched alkanes of at least 4 members (excludes halogenated alkanes) is 7. The van der Waals surface area contributed by atoms with Crippen LogP contribution in [0.3, 0.4) is 0 Å². The van der Waals surface area contributed by atoms with Crippen molar-refractivity contribution < 1.29 is 4.74 Å². The van der Waals surface area contributed by atoms with Crippen molar-refractivity contribution in [3.05, 3.63) is 29.8 Å². The summed E-state index contributed by atoms with van der Waals surface area (Å²) in [6, 6.07) is 8.56. The molecule has 0 spiro atoms. The quantitative estimate of drug-likeness (QED) is 0.387. The van der Waals surface area contributed by atoms with Crippen LogP contribution in [0.15, 0.2) is 24.3 Å². The van der Waals surface area contributed by atoms with Crippen LogP contribution in [0.4, 0.5) is 0 Å². The van der Waals surface area contributed by atoms with Gasteiger partial charge >= 0.3 is 0 Å². The van der Waals surface area contributed by atoms with Gasteiger partial charge in [0.1, 0.15) is 5.75 Å². The fraction of sp³-hybridized carbons (Fsp3) is 0.714. The van der Waals surface area contributed by atoms with Crippen LogP contribution in [0.2, 0.25) is 0 Å². The van der Waals surface area contributed by atoms with Gasteiger partial charge in [-0.1, -0.05) is 70.9 Å². The Morgan fingerprint density at radius 3 is 1.78 bits per heavy atom. The molecule has 0 amide bonds. The first-order chi connectivity index (χ1) is 11.3. The Balaban J connectivity index is 2.40. The van der Waals surface area contributed by atoms with E-state index in [0.29, 0.717) is 0 Å². The molecular weight excluding hydrogens is 282 g/mol. The van der Waals surface area contributed by atoms with Crippen LogP contribution in [0, 0.1) is 0 Å². The van der Waals surface area contributed by atoms with E-state index in [0.717, 1.165) is 12.3 Å². The highest BCUT2D eigenvalue weighted by molar-refractivity contribution is 5.27. The first-order valence-corrected chi connectivity index (χ1v) is 9.65. The Kier molecular flexibility index (Phi) is 11.7. The molecule has 23 heavy (non-hydrogen) atoms. The average molecular weight is 320 g/mol. The normalized spacial score (nSPS) is 11.1. The Morgan fingerprint density at radius 2 is 1.26 bits per heavy atom. The van der Waals surface area contributed by atoms with Crippen molar-refractivity contribution in [3.8, 4) is 5.75 Å². The predicted molar refractivity (Wildman–Crippen MR) is 101 cm³/mol. The maximum atomic E-state index is 5.25. The van der Waals surface area contributed by atoms with Gasteiger partial charge in [-0.2, -0.15) is 0 Å². The van der Waals surface area contributed by atoms with Crippen LogP contribution in [0.5, 0.6) is 5.75 Å². The molecular formula is C21H37NO. The molecule has 1 aromatic carbocycles. The van der Waals surface area contributed by atoms with Crippen LogP contribution >= 0.6 is 0 Å². The summed E-state index contributed by atoms with van der Waals surface area (Å²) < 4.78 is 5.25. The van der Waals surface area contributed by atoms with Crippen LogP contribution in [0.25, 0.3) is 0 Å². The molecule has 0 unspecified atom stereocenters.